The van der Waals surface area contributed by atoms with E-state index in [1.54, 1.807) is 29.0 Å². The van der Waals surface area contributed by atoms with E-state index < -0.39 is 0 Å². The molecule has 1 saturated heterocycles. The van der Waals surface area contributed by atoms with Crippen LogP contribution < -0.4 is 25.2 Å². The van der Waals surface area contributed by atoms with Crippen LogP contribution in [0.5, 0.6) is 5.75 Å². The van der Waals surface area contributed by atoms with Gasteiger partial charge >= 0.3 is 6.03 Å². The molecule has 1 fully saturated rings. The first kappa shape index (κ1) is 22.3. The summed E-state index contributed by atoms with van der Waals surface area (Å²) in [6.45, 7) is 4.24. The molecule has 11 nitrogen and oxygen atoms in total. The van der Waals surface area contributed by atoms with E-state index in [-0.39, 0.29) is 12.5 Å². The second kappa shape index (κ2) is 9.74. The molecule has 4 heterocycles. The molecule has 3 N–H and O–H groups in total. The Morgan fingerprint density at radius 2 is 2.03 bits per heavy atom. The number of pyridine rings is 1. The molecule has 5 rings (SSSR count). The third-order valence-electron chi connectivity index (χ3n) is 5.71. The molecule has 174 valence electrons. The lowest BCUT2D eigenvalue weighted by atomic mass is 10.1. The van der Waals surface area contributed by atoms with E-state index >= 15 is 0 Å². The molecule has 0 spiro atoms. The van der Waals surface area contributed by atoms with Crippen LogP contribution in [0.2, 0.25) is 0 Å². The van der Waals surface area contributed by atoms with Gasteiger partial charge in [0.25, 0.3) is 6.47 Å². The van der Waals surface area contributed by atoms with Gasteiger partial charge in [0.05, 0.1) is 7.11 Å². The Balaban J connectivity index is 0.000000821. The highest BCUT2D eigenvalue weighted by atomic mass is 16.5. The fourth-order valence-corrected chi connectivity index (χ4v) is 4.31. The minimum atomic E-state index is -0.250. The number of amides is 2. The molecule has 2 aliphatic rings. The maximum atomic E-state index is 13.1. The summed E-state index contributed by atoms with van der Waals surface area (Å²) in [6.07, 6.45) is 4.51. The van der Waals surface area contributed by atoms with Crippen LogP contribution in [0.1, 0.15) is 5.56 Å². The lowest BCUT2D eigenvalue weighted by Gasteiger charge is -2.31. The maximum Gasteiger partial charge on any atom is 0.327 e. The van der Waals surface area contributed by atoms with E-state index in [0.717, 1.165) is 54.9 Å². The van der Waals surface area contributed by atoms with Crippen molar-refractivity contribution >= 4 is 40.6 Å². The fourth-order valence-electron chi connectivity index (χ4n) is 4.31. The number of hydrogen-bond acceptors (Lipinski definition) is 7. The Bertz CT molecular complexity index is 1160. The van der Waals surface area contributed by atoms with Gasteiger partial charge < -0.3 is 25.4 Å². The van der Waals surface area contributed by atoms with Crippen molar-refractivity contribution in [1.82, 2.24) is 20.1 Å². The molecule has 2 aliphatic heterocycles. The highest BCUT2D eigenvalue weighted by Crippen LogP contribution is 2.35. The number of aryl methyl sites for hydroxylation is 1. The third-order valence-corrected chi connectivity index (χ3v) is 5.71. The van der Waals surface area contributed by atoms with Crippen LogP contribution in [0.3, 0.4) is 0 Å². The number of nitrogens with zero attached hydrogens (tertiary/aromatic N) is 5. The lowest BCUT2D eigenvalue weighted by Crippen LogP contribution is -2.43. The molecule has 0 atom stereocenters. The van der Waals surface area contributed by atoms with E-state index in [1.807, 2.05) is 19.3 Å². The summed E-state index contributed by atoms with van der Waals surface area (Å²) < 4.78 is 7.20. The molecular formula is C22H27N7O4. The summed E-state index contributed by atoms with van der Waals surface area (Å²) in [5, 5.41) is 18.6. The monoisotopic (exact) mass is 453 g/mol. The number of nitrogens with one attached hydrogen (secondary N) is 2. The van der Waals surface area contributed by atoms with Crippen LogP contribution in [0.4, 0.5) is 22.0 Å². The van der Waals surface area contributed by atoms with Crippen molar-refractivity contribution in [2.45, 2.75) is 6.42 Å². The zero-order valence-corrected chi connectivity index (χ0v) is 18.6. The Morgan fingerprint density at radius 3 is 2.76 bits per heavy atom. The van der Waals surface area contributed by atoms with Gasteiger partial charge in [-0.3, -0.25) is 14.4 Å². The quantitative estimate of drug-likeness (QED) is 0.512. The average molecular weight is 454 g/mol. The lowest BCUT2D eigenvalue weighted by molar-refractivity contribution is -0.122. The summed E-state index contributed by atoms with van der Waals surface area (Å²) in [5.74, 6) is 1.38. The molecule has 0 radical (unpaired) electrons. The predicted molar refractivity (Wildman–Crippen MR) is 125 cm³/mol. The normalized spacial score (nSPS) is 15.0. The number of urea groups is 1. The van der Waals surface area contributed by atoms with Crippen molar-refractivity contribution in [3.8, 4) is 5.75 Å². The van der Waals surface area contributed by atoms with E-state index in [1.165, 1.54) is 5.69 Å². The first-order valence-corrected chi connectivity index (χ1v) is 10.7. The van der Waals surface area contributed by atoms with Gasteiger partial charge in [-0.05, 0) is 18.6 Å². The second-order valence-corrected chi connectivity index (χ2v) is 7.73. The van der Waals surface area contributed by atoms with E-state index in [4.69, 9.17) is 14.6 Å². The molecule has 0 bridgehead atoms. The van der Waals surface area contributed by atoms with Gasteiger partial charge in [0.1, 0.15) is 17.1 Å². The number of carbonyl (C=O) groups excluding carboxylic acids is 1. The number of carboxylic acid groups (broad SMARTS) is 1. The van der Waals surface area contributed by atoms with Crippen LogP contribution >= 0.6 is 0 Å². The van der Waals surface area contributed by atoms with Crippen molar-refractivity contribution in [2.24, 2.45) is 7.05 Å². The highest BCUT2D eigenvalue weighted by molar-refractivity contribution is 6.04. The van der Waals surface area contributed by atoms with Crippen LogP contribution in [-0.2, 0) is 18.3 Å². The number of piperazine rings is 1. The summed E-state index contributed by atoms with van der Waals surface area (Å²) in [4.78, 5) is 30.1. The average Bonchev–Trinajstić information content (AvgIpc) is 3.42. The van der Waals surface area contributed by atoms with Crippen molar-refractivity contribution in [1.29, 1.82) is 0 Å². The van der Waals surface area contributed by atoms with Crippen LogP contribution in [0.25, 0.3) is 10.9 Å². The van der Waals surface area contributed by atoms with Gasteiger partial charge in [0.15, 0.2) is 0 Å². The van der Waals surface area contributed by atoms with E-state index in [0.29, 0.717) is 18.0 Å². The molecule has 1 aromatic carbocycles. The molecule has 0 unspecified atom stereocenters. The first-order valence-electron chi connectivity index (χ1n) is 10.7. The van der Waals surface area contributed by atoms with Crippen molar-refractivity contribution in [3.05, 3.63) is 36.2 Å². The van der Waals surface area contributed by atoms with Crippen LogP contribution in [0.15, 0.2) is 30.6 Å². The third kappa shape index (κ3) is 4.53. The number of carbonyl (C=O) groups is 2. The Labute approximate surface area is 190 Å². The summed E-state index contributed by atoms with van der Waals surface area (Å²) in [5.41, 5.74) is 3.78. The predicted octanol–water partition coefficient (Wildman–Crippen LogP) is 1.68. The molecule has 11 heteroatoms. The Morgan fingerprint density at radius 1 is 1.27 bits per heavy atom. The zero-order valence-electron chi connectivity index (χ0n) is 18.6. The topological polar surface area (TPSA) is 125 Å². The number of methoxy groups -OCH3 is 1. The van der Waals surface area contributed by atoms with Crippen molar-refractivity contribution in [3.63, 3.8) is 0 Å². The van der Waals surface area contributed by atoms with Gasteiger partial charge in [-0.15, -0.1) is 0 Å². The molecule has 3 aromatic rings. The number of fused-ring (bicyclic) bond motifs is 2. The minimum absolute atomic E-state index is 0.191. The van der Waals surface area contributed by atoms with Gasteiger partial charge in [0, 0.05) is 80.6 Å². The van der Waals surface area contributed by atoms with Crippen molar-refractivity contribution < 1.29 is 19.4 Å². The number of benzene rings is 1. The number of rotatable bonds is 3. The minimum Gasteiger partial charge on any atom is -0.494 e. The van der Waals surface area contributed by atoms with E-state index in [9.17, 15) is 4.79 Å². The van der Waals surface area contributed by atoms with Crippen LogP contribution in [-0.4, -0.2) is 72.2 Å². The number of ether oxygens (including phenoxy) is 1. The Hall–Kier alpha value is -3.86. The largest absolute Gasteiger partial charge is 0.494 e. The van der Waals surface area contributed by atoms with Crippen molar-refractivity contribution in [2.75, 3.05) is 55.0 Å². The van der Waals surface area contributed by atoms with Gasteiger partial charge in [-0.25, -0.2) is 9.78 Å². The van der Waals surface area contributed by atoms with Gasteiger partial charge in [-0.2, -0.15) is 5.10 Å². The number of aromatic nitrogens is 3. The summed E-state index contributed by atoms with van der Waals surface area (Å²) >= 11 is 0. The maximum absolute atomic E-state index is 13.1. The fraction of sp³-hybridized carbons (Fsp3) is 0.364. The number of anilines is 3. The standard InChI is InChI=1S/C21H25N7O2.CH2O2/c1-26-13-14-11-15(12-18(30-2)19(14)25-26)24-21(29)28-8-4-16-17(3-5-23-20(16)28)27-9-6-22-7-10-27;2-1-3/h3,5,11-13,22H,4,6-10H2,1-2H3,(H,24,29);1H,(H,2,3). The SMILES string of the molecule is COc1cc(NC(=O)N2CCc3c(N4CCNCC4)ccnc32)cc2cn(C)nc12.O=CO. The molecule has 33 heavy (non-hydrogen) atoms. The summed E-state index contributed by atoms with van der Waals surface area (Å²) in [6, 6.07) is 5.58. The Kier molecular flexibility index (Phi) is 6.59. The summed E-state index contributed by atoms with van der Waals surface area (Å²) in [7, 11) is 3.47. The highest BCUT2D eigenvalue weighted by Gasteiger charge is 2.30. The van der Waals surface area contributed by atoms with Gasteiger partial charge in [-0.1, -0.05) is 0 Å². The van der Waals surface area contributed by atoms with E-state index in [2.05, 4.69) is 31.7 Å². The van der Waals surface area contributed by atoms with Gasteiger partial charge in [0.2, 0.25) is 0 Å². The van der Waals surface area contributed by atoms with Crippen LogP contribution in [0, 0.1) is 0 Å². The molecule has 0 saturated carbocycles. The zero-order chi connectivity index (χ0) is 23.4. The second-order valence-electron chi connectivity index (χ2n) is 7.73. The number of hydrogen-bond donors (Lipinski definition) is 3. The molecular weight excluding hydrogens is 426 g/mol. The smallest absolute Gasteiger partial charge is 0.327 e. The first-order chi connectivity index (χ1) is 16.0. The molecule has 0 aliphatic carbocycles. The molecule has 2 amide bonds. The molecule has 2 aromatic heterocycles.